The normalized spacial score (nSPS) is 11.5. The van der Waals surface area contributed by atoms with Gasteiger partial charge >= 0.3 is 0 Å². The first-order valence-corrected chi connectivity index (χ1v) is 7.06. The number of hydrogen-bond donors (Lipinski definition) is 1. The van der Waals surface area contributed by atoms with E-state index in [4.69, 9.17) is 16.9 Å². The second-order valence-corrected chi connectivity index (χ2v) is 6.14. The van der Waals surface area contributed by atoms with Crippen LogP contribution in [0, 0.1) is 11.3 Å². The van der Waals surface area contributed by atoms with Gasteiger partial charge < -0.3 is 5.32 Å². The summed E-state index contributed by atoms with van der Waals surface area (Å²) < 4.78 is 25.5. The molecule has 0 heterocycles. The van der Waals surface area contributed by atoms with Gasteiger partial charge in [0, 0.05) is 20.1 Å². The Morgan fingerprint density at radius 1 is 1.50 bits per heavy atom. The van der Waals surface area contributed by atoms with Crippen LogP contribution in [0.25, 0.3) is 0 Å². The number of nitriles is 1. The van der Waals surface area contributed by atoms with Gasteiger partial charge in [0.05, 0.1) is 15.5 Å². The van der Waals surface area contributed by atoms with Gasteiger partial charge in [-0.3, -0.25) is 0 Å². The van der Waals surface area contributed by atoms with Gasteiger partial charge in [-0.25, -0.2) is 8.42 Å². The number of hydrogen-bond acceptors (Lipinski definition) is 4. The van der Waals surface area contributed by atoms with E-state index >= 15 is 0 Å². The van der Waals surface area contributed by atoms with E-state index in [0.717, 1.165) is 0 Å². The molecule has 1 aromatic carbocycles. The van der Waals surface area contributed by atoms with Crippen LogP contribution >= 0.6 is 11.6 Å². The van der Waals surface area contributed by atoms with Gasteiger partial charge in [-0.05, 0) is 25.2 Å². The third kappa shape index (κ3) is 3.21. The van der Waals surface area contributed by atoms with Gasteiger partial charge in [-0.2, -0.15) is 9.57 Å². The van der Waals surface area contributed by atoms with Crippen LogP contribution < -0.4 is 5.32 Å². The highest BCUT2D eigenvalue weighted by Crippen LogP contribution is 2.22. The van der Waals surface area contributed by atoms with Crippen molar-refractivity contribution < 1.29 is 8.42 Å². The van der Waals surface area contributed by atoms with E-state index in [0.29, 0.717) is 13.1 Å². The molecule has 0 aliphatic heterocycles. The molecule has 5 nitrogen and oxygen atoms in total. The Labute approximate surface area is 112 Å². The topological polar surface area (TPSA) is 73.2 Å². The number of halogens is 1. The largest absolute Gasteiger partial charge is 0.318 e. The van der Waals surface area contributed by atoms with E-state index in [-0.39, 0.29) is 15.5 Å². The molecule has 0 aromatic heterocycles. The maximum absolute atomic E-state index is 12.1. The highest BCUT2D eigenvalue weighted by molar-refractivity contribution is 7.89. The third-order valence-electron chi connectivity index (χ3n) is 2.45. The molecular formula is C11H14ClN3O2S. The molecule has 0 fully saturated rings. The molecule has 7 heteroatoms. The maximum atomic E-state index is 12.1. The average molecular weight is 288 g/mol. The Hall–Kier alpha value is -1.13. The van der Waals surface area contributed by atoms with E-state index in [2.05, 4.69) is 5.32 Å². The molecule has 1 aromatic rings. The number of nitrogens with one attached hydrogen (secondary N) is 1. The molecule has 18 heavy (non-hydrogen) atoms. The molecule has 0 aliphatic carbocycles. The molecule has 0 spiro atoms. The fourth-order valence-electron chi connectivity index (χ4n) is 1.32. The lowest BCUT2D eigenvalue weighted by atomic mass is 10.2. The van der Waals surface area contributed by atoms with Gasteiger partial charge in [-0.15, -0.1) is 0 Å². The summed E-state index contributed by atoms with van der Waals surface area (Å²) in [5.41, 5.74) is 0.258. The SMILES string of the molecule is CNCCN(C)S(=O)(=O)c1ccc(C#N)c(Cl)c1. The molecule has 0 saturated carbocycles. The van der Waals surface area contributed by atoms with Crippen molar-refractivity contribution in [1.82, 2.24) is 9.62 Å². The minimum atomic E-state index is -3.56. The van der Waals surface area contributed by atoms with E-state index in [9.17, 15) is 8.42 Å². The molecule has 0 unspecified atom stereocenters. The number of benzene rings is 1. The fourth-order valence-corrected chi connectivity index (χ4v) is 2.80. The van der Waals surface area contributed by atoms with Crippen molar-refractivity contribution in [2.75, 3.05) is 27.2 Å². The van der Waals surface area contributed by atoms with Crippen LogP contribution in [0.5, 0.6) is 0 Å². The Bertz CT molecular complexity index is 566. The molecule has 0 bridgehead atoms. The van der Waals surface area contributed by atoms with Gasteiger partial charge in [0.25, 0.3) is 0 Å². The highest BCUT2D eigenvalue weighted by atomic mass is 35.5. The van der Waals surface area contributed by atoms with Crippen LogP contribution in [-0.2, 0) is 10.0 Å². The van der Waals surface area contributed by atoms with Crippen molar-refractivity contribution in [1.29, 1.82) is 5.26 Å². The summed E-state index contributed by atoms with van der Waals surface area (Å²) in [5, 5.41) is 11.8. The average Bonchev–Trinajstić information content (AvgIpc) is 2.35. The highest BCUT2D eigenvalue weighted by Gasteiger charge is 2.21. The second kappa shape index (κ2) is 6.16. The predicted octanol–water partition coefficient (Wildman–Crippen LogP) is 1.05. The molecule has 0 amide bonds. The Kier molecular flexibility index (Phi) is 5.11. The molecule has 0 atom stereocenters. The van der Waals surface area contributed by atoms with Crippen LogP contribution in [0.15, 0.2) is 23.1 Å². The zero-order chi connectivity index (χ0) is 13.8. The molecule has 0 aliphatic rings. The first-order chi connectivity index (χ1) is 8.43. The van der Waals surface area contributed by atoms with Crippen molar-refractivity contribution in [3.05, 3.63) is 28.8 Å². The Morgan fingerprint density at radius 2 is 2.17 bits per heavy atom. The lowest BCUT2D eigenvalue weighted by Crippen LogP contribution is -2.32. The summed E-state index contributed by atoms with van der Waals surface area (Å²) in [6, 6.07) is 5.97. The van der Waals surface area contributed by atoms with Gasteiger partial charge in [-0.1, -0.05) is 11.6 Å². The summed E-state index contributed by atoms with van der Waals surface area (Å²) in [4.78, 5) is 0.0881. The third-order valence-corrected chi connectivity index (χ3v) is 4.61. The van der Waals surface area contributed by atoms with Crippen molar-refractivity contribution in [2.24, 2.45) is 0 Å². The fraction of sp³-hybridized carbons (Fsp3) is 0.364. The lowest BCUT2D eigenvalue weighted by Gasteiger charge is -2.17. The van der Waals surface area contributed by atoms with E-state index in [1.54, 1.807) is 7.05 Å². The number of likely N-dealkylation sites (N-methyl/N-ethyl adjacent to an activating group) is 2. The number of sulfonamides is 1. The zero-order valence-electron chi connectivity index (χ0n) is 10.1. The minimum Gasteiger partial charge on any atom is -0.318 e. The standard InChI is InChI=1S/C11H14ClN3O2S/c1-14-5-6-15(2)18(16,17)10-4-3-9(8-13)11(12)7-10/h3-4,7,14H,5-6H2,1-2H3. The van der Waals surface area contributed by atoms with Crippen molar-refractivity contribution >= 4 is 21.6 Å². The van der Waals surface area contributed by atoms with Gasteiger partial charge in [0.2, 0.25) is 10.0 Å². The number of rotatable bonds is 5. The van der Waals surface area contributed by atoms with Crippen LogP contribution in [0.2, 0.25) is 5.02 Å². The minimum absolute atomic E-state index is 0.0881. The lowest BCUT2D eigenvalue weighted by molar-refractivity contribution is 0.466. The van der Waals surface area contributed by atoms with E-state index in [1.165, 1.54) is 29.6 Å². The zero-order valence-corrected chi connectivity index (χ0v) is 11.7. The monoisotopic (exact) mass is 287 g/mol. The molecule has 98 valence electrons. The van der Waals surface area contributed by atoms with Crippen LogP contribution in [-0.4, -0.2) is 39.9 Å². The Morgan fingerprint density at radius 3 is 2.67 bits per heavy atom. The summed E-state index contributed by atoms with van der Waals surface area (Å²) in [7, 11) is -0.311. The summed E-state index contributed by atoms with van der Waals surface area (Å²) >= 11 is 5.83. The van der Waals surface area contributed by atoms with Crippen LogP contribution in [0.4, 0.5) is 0 Å². The molecule has 0 radical (unpaired) electrons. The summed E-state index contributed by atoms with van der Waals surface area (Å²) in [5.74, 6) is 0. The van der Waals surface area contributed by atoms with Crippen LogP contribution in [0.3, 0.4) is 0 Å². The first kappa shape index (κ1) is 14.9. The van der Waals surface area contributed by atoms with Crippen molar-refractivity contribution in [3.8, 4) is 6.07 Å². The van der Waals surface area contributed by atoms with Crippen molar-refractivity contribution in [3.63, 3.8) is 0 Å². The van der Waals surface area contributed by atoms with Gasteiger partial charge in [0.1, 0.15) is 6.07 Å². The van der Waals surface area contributed by atoms with E-state index < -0.39 is 10.0 Å². The van der Waals surface area contributed by atoms with Crippen molar-refractivity contribution in [2.45, 2.75) is 4.90 Å². The first-order valence-electron chi connectivity index (χ1n) is 5.24. The quantitative estimate of drug-likeness (QED) is 0.878. The predicted molar refractivity (Wildman–Crippen MR) is 69.9 cm³/mol. The Balaban J connectivity index is 3.06. The molecule has 1 rings (SSSR count). The van der Waals surface area contributed by atoms with E-state index in [1.807, 2.05) is 6.07 Å². The second-order valence-electron chi connectivity index (χ2n) is 3.68. The molecule has 0 saturated heterocycles. The van der Waals surface area contributed by atoms with Gasteiger partial charge in [0.15, 0.2) is 0 Å². The summed E-state index contributed by atoms with van der Waals surface area (Å²) in [6.45, 7) is 0.913. The van der Waals surface area contributed by atoms with Crippen LogP contribution in [0.1, 0.15) is 5.56 Å². The number of nitrogens with zero attached hydrogens (tertiary/aromatic N) is 2. The summed E-state index contributed by atoms with van der Waals surface area (Å²) in [6.07, 6.45) is 0. The molecule has 1 N–H and O–H groups in total. The maximum Gasteiger partial charge on any atom is 0.242 e. The smallest absolute Gasteiger partial charge is 0.242 e. The molecular weight excluding hydrogens is 274 g/mol.